The van der Waals surface area contributed by atoms with Crippen LogP contribution in [0.5, 0.6) is 0 Å². The predicted octanol–water partition coefficient (Wildman–Crippen LogP) is 6.00. The van der Waals surface area contributed by atoms with Crippen molar-refractivity contribution in [1.82, 2.24) is 19.9 Å². The highest BCUT2D eigenvalue weighted by atomic mass is 35.5. The number of aromatic nitrogens is 2. The number of halogens is 2. The number of sulfonamides is 1. The van der Waals surface area contributed by atoms with Gasteiger partial charge in [0.1, 0.15) is 11.5 Å². The second kappa shape index (κ2) is 16.0. The first-order valence-corrected chi connectivity index (χ1v) is 17.4. The van der Waals surface area contributed by atoms with Gasteiger partial charge in [0, 0.05) is 47.6 Å². The number of carbonyl (C=O) groups excluding carboxylic acids is 2. The molecule has 2 amide bonds. The molecular formula is C32H46Cl2N6O6S. The van der Waals surface area contributed by atoms with E-state index in [2.05, 4.69) is 26.3 Å². The Bertz CT molecular complexity index is 1590. The van der Waals surface area contributed by atoms with E-state index < -0.39 is 15.9 Å². The standard InChI is InChI=1S/C19H24ClN3O4S.C13H21N3O2.ClH/c1-19(2,3)16-11-17(22-27-16)21-18(24)13-5-4-10-23(12-13)28(25,26)15-8-6-14(20)7-9-15;1-13(2,3)10-7-11(16-18-10)15-12(17)9-5-4-6-14-8-9;/h6-9,11,13H,4-5,10,12H2,1-3H3,(H,21,22,24);7,9,14H,4-6,8H2,1-3H3,(H,15,16,17);1H. The van der Waals surface area contributed by atoms with E-state index in [0.717, 1.165) is 31.7 Å². The van der Waals surface area contributed by atoms with Crippen LogP contribution in [0.4, 0.5) is 11.6 Å². The van der Waals surface area contributed by atoms with Crippen molar-refractivity contribution in [2.75, 3.05) is 36.8 Å². The molecule has 12 nitrogen and oxygen atoms in total. The van der Waals surface area contributed by atoms with Crippen molar-refractivity contribution in [3.05, 3.63) is 52.9 Å². The number of nitrogens with zero attached hydrogens (tertiary/aromatic N) is 3. The van der Waals surface area contributed by atoms with E-state index in [1.165, 1.54) is 16.4 Å². The molecule has 0 spiro atoms. The molecule has 3 aromatic rings. The highest BCUT2D eigenvalue weighted by Crippen LogP contribution is 2.28. The normalized spacial score (nSPS) is 19.1. The fraction of sp³-hybridized carbons (Fsp3) is 0.562. The fourth-order valence-electron chi connectivity index (χ4n) is 5.04. The Balaban J connectivity index is 0.000000274. The van der Waals surface area contributed by atoms with Crippen molar-refractivity contribution < 1.29 is 27.1 Å². The summed E-state index contributed by atoms with van der Waals surface area (Å²) in [7, 11) is -3.67. The van der Waals surface area contributed by atoms with Gasteiger partial charge < -0.3 is 25.0 Å². The van der Waals surface area contributed by atoms with Crippen LogP contribution >= 0.6 is 24.0 Å². The summed E-state index contributed by atoms with van der Waals surface area (Å²) >= 11 is 5.84. The minimum atomic E-state index is -3.67. The summed E-state index contributed by atoms with van der Waals surface area (Å²) in [5.74, 6) is 1.64. The van der Waals surface area contributed by atoms with Crippen molar-refractivity contribution in [3.63, 3.8) is 0 Å². The molecule has 2 unspecified atom stereocenters. The Hall–Kier alpha value is -2.97. The summed E-state index contributed by atoms with van der Waals surface area (Å²) in [4.78, 5) is 24.8. The number of nitrogens with one attached hydrogen (secondary N) is 3. The predicted molar refractivity (Wildman–Crippen MR) is 183 cm³/mol. The van der Waals surface area contributed by atoms with Crippen molar-refractivity contribution in [3.8, 4) is 0 Å². The van der Waals surface area contributed by atoms with Gasteiger partial charge in [-0.3, -0.25) is 9.59 Å². The lowest BCUT2D eigenvalue weighted by Gasteiger charge is -2.31. The third-order valence-corrected chi connectivity index (χ3v) is 10.0. The van der Waals surface area contributed by atoms with E-state index in [-0.39, 0.29) is 52.4 Å². The Morgan fingerprint density at radius 1 is 0.872 bits per heavy atom. The number of piperidine rings is 2. The average molecular weight is 714 g/mol. The summed E-state index contributed by atoms with van der Waals surface area (Å²) in [5.41, 5.74) is -0.313. The van der Waals surface area contributed by atoms with Crippen molar-refractivity contribution in [2.45, 2.75) is 83.0 Å². The molecule has 3 N–H and O–H groups in total. The van der Waals surface area contributed by atoms with E-state index in [1.54, 1.807) is 24.3 Å². The van der Waals surface area contributed by atoms with Crippen LogP contribution < -0.4 is 16.0 Å². The summed E-state index contributed by atoms with van der Waals surface area (Å²) < 4.78 is 37.6. The molecule has 0 aliphatic carbocycles. The van der Waals surface area contributed by atoms with E-state index >= 15 is 0 Å². The van der Waals surface area contributed by atoms with Gasteiger partial charge >= 0.3 is 0 Å². The van der Waals surface area contributed by atoms with Gasteiger partial charge in [-0.15, -0.1) is 12.4 Å². The number of hydrogen-bond acceptors (Lipinski definition) is 9. The van der Waals surface area contributed by atoms with Crippen LogP contribution in [0, 0.1) is 11.8 Å². The van der Waals surface area contributed by atoms with Gasteiger partial charge in [-0.2, -0.15) is 4.31 Å². The van der Waals surface area contributed by atoms with Crippen molar-refractivity contribution in [1.29, 1.82) is 0 Å². The minimum Gasteiger partial charge on any atom is -0.359 e. The first kappa shape index (κ1) is 38.5. The number of anilines is 2. The van der Waals surface area contributed by atoms with E-state index in [1.807, 2.05) is 41.5 Å². The second-order valence-electron chi connectivity index (χ2n) is 13.8. The molecule has 2 aromatic heterocycles. The second-order valence-corrected chi connectivity index (χ2v) is 16.2. The van der Waals surface area contributed by atoms with Gasteiger partial charge in [0.15, 0.2) is 11.6 Å². The van der Waals surface area contributed by atoms with Crippen LogP contribution in [0.25, 0.3) is 0 Å². The van der Waals surface area contributed by atoms with Gasteiger partial charge in [0.2, 0.25) is 21.8 Å². The fourth-order valence-corrected chi connectivity index (χ4v) is 6.69. The van der Waals surface area contributed by atoms with Crippen LogP contribution in [-0.2, 0) is 30.4 Å². The smallest absolute Gasteiger partial charge is 0.243 e. The zero-order valence-electron chi connectivity index (χ0n) is 27.8. The number of hydrogen-bond donors (Lipinski definition) is 3. The summed E-state index contributed by atoms with van der Waals surface area (Å²) in [6.45, 7) is 14.4. The molecule has 4 heterocycles. The third-order valence-electron chi connectivity index (χ3n) is 7.88. The number of rotatable bonds is 6. The number of amides is 2. The molecule has 15 heteroatoms. The monoisotopic (exact) mass is 712 g/mol. The molecule has 260 valence electrons. The quantitative estimate of drug-likeness (QED) is 0.279. The van der Waals surface area contributed by atoms with E-state index in [9.17, 15) is 18.0 Å². The molecule has 0 radical (unpaired) electrons. The van der Waals surface area contributed by atoms with Crippen molar-refractivity contribution in [2.24, 2.45) is 11.8 Å². The van der Waals surface area contributed by atoms with Gasteiger partial charge in [-0.05, 0) is 56.5 Å². The Morgan fingerprint density at radius 2 is 1.38 bits per heavy atom. The van der Waals surface area contributed by atoms with Gasteiger partial charge in [-0.25, -0.2) is 8.42 Å². The highest BCUT2D eigenvalue weighted by molar-refractivity contribution is 7.89. The largest absolute Gasteiger partial charge is 0.359 e. The average Bonchev–Trinajstić information content (AvgIpc) is 3.69. The zero-order chi connectivity index (χ0) is 33.7. The topological polar surface area (TPSA) is 160 Å². The highest BCUT2D eigenvalue weighted by Gasteiger charge is 2.34. The maximum atomic E-state index is 12.9. The Kier molecular flexibility index (Phi) is 13.1. The Labute approximate surface area is 288 Å². The zero-order valence-corrected chi connectivity index (χ0v) is 30.2. The first-order valence-electron chi connectivity index (χ1n) is 15.6. The maximum Gasteiger partial charge on any atom is 0.243 e. The van der Waals surface area contributed by atoms with Crippen LogP contribution in [-0.4, -0.2) is 61.0 Å². The molecular weight excluding hydrogens is 667 g/mol. The molecule has 47 heavy (non-hydrogen) atoms. The molecule has 1 aromatic carbocycles. The van der Waals surface area contributed by atoms with Crippen LogP contribution in [0.3, 0.4) is 0 Å². The Morgan fingerprint density at radius 3 is 1.85 bits per heavy atom. The lowest BCUT2D eigenvalue weighted by Crippen LogP contribution is -2.43. The minimum absolute atomic E-state index is 0. The number of benzene rings is 1. The SMILES string of the molecule is CC(C)(C)c1cc(NC(=O)C2CCCN(S(=O)(=O)c3ccc(Cl)cc3)C2)no1.CC(C)(C)c1cc(NC(=O)C2CCCNC2)no1.Cl. The third kappa shape index (κ3) is 10.5. The summed E-state index contributed by atoms with van der Waals surface area (Å²) in [5, 5.41) is 17.0. The van der Waals surface area contributed by atoms with Gasteiger partial charge in [0.25, 0.3) is 0 Å². The molecule has 2 fully saturated rings. The molecule has 5 rings (SSSR count). The number of carbonyl (C=O) groups is 2. The lowest BCUT2D eigenvalue weighted by molar-refractivity contribution is -0.121. The summed E-state index contributed by atoms with van der Waals surface area (Å²) in [6, 6.07) is 9.53. The molecule has 0 bridgehead atoms. The van der Waals surface area contributed by atoms with Crippen LogP contribution in [0.15, 0.2) is 50.3 Å². The molecule has 2 saturated heterocycles. The maximum absolute atomic E-state index is 12.9. The molecule has 2 aliphatic rings. The van der Waals surface area contributed by atoms with Crippen LogP contribution in [0.1, 0.15) is 78.7 Å². The molecule has 2 atom stereocenters. The van der Waals surface area contributed by atoms with Crippen molar-refractivity contribution >= 4 is 57.5 Å². The molecule has 0 saturated carbocycles. The lowest BCUT2D eigenvalue weighted by atomic mass is 9.93. The van der Waals surface area contributed by atoms with Gasteiger partial charge in [-0.1, -0.05) is 63.5 Å². The van der Waals surface area contributed by atoms with Crippen LogP contribution in [0.2, 0.25) is 5.02 Å². The molecule has 2 aliphatic heterocycles. The summed E-state index contributed by atoms with van der Waals surface area (Å²) in [6.07, 6.45) is 3.20. The van der Waals surface area contributed by atoms with Gasteiger partial charge in [0.05, 0.1) is 16.7 Å². The van der Waals surface area contributed by atoms with E-state index in [0.29, 0.717) is 41.8 Å². The van der Waals surface area contributed by atoms with E-state index in [4.69, 9.17) is 20.6 Å². The first-order chi connectivity index (χ1) is 21.5.